The Balaban J connectivity index is 1.66. The maximum atomic E-state index is 12.5. The Morgan fingerprint density at radius 1 is 1.46 bits per heavy atom. The van der Waals surface area contributed by atoms with Gasteiger partial charge in [-0.2, -0.15) is 5.26 Å². The Morgan fingerprint density at radius 2 is 2.21 bits per heavy atom. The van der Waals surface area contributed by atoms with E-state index in [1.807, 2.05) is 13.8 Å². The number of carbonyl (C=O) groups is 1. The molecule has 1 aliphatic carbocycles. The van der Waals surface area contributed by atoms with Gasteiger partial charge in [0.1, 0.15) is 5.54 Å². The van der Waals surface area contributed by atoms with Crippen molar-refractivity contribution in [2.45, 2.75) is 69.9 Å². The molecule has 1 amide bonds. The lowest BCUT2D eigenvalue weighted by Gasteiger charge is -2.28. The minimum atomic E-state index is -0.904. The van der Waals surface area contributed by atoms with Crippen molar-refractivity contribution in [2.24, 2.45) is 11.8 Å². The molecule has 8 heteroatoms. The van der Waals surface area contributed by atoms with Crippen molar-refractivity contribution in [3.63, 3.8) is 0 Å². The van der Waals surface area contributed by atoms with Crippen LogP contribution in [0.5, 0.6) is 0 Å². The molecule has 0 spiro atoms. The maximum Gasteiger partial charge on any atom is 0.277 e. The third-order valence-electron chi connectivity index (χ3n) is 5.36. The van der Waals surface area contributed by atoms with Gasteiger partial charge >= 0.3 is 0 Å². The highest BCUT2D eigenvalue weighted by molar-refractivity contribution is 8.00. The Labute approximate surface area is 174 Å². The summed E-state index contributed by atoms with van der Waals surface area (Å²) >= 11 is 2.93. The summed E-state index contributed by atoms with van der Waals surface area (Å²) in [4.78, 5) is 14.9. The second-order valence-electron chi connectivity index (χ2n) is 8.00. The number of fused-ring (bicyclic) bond motifs is 1. The largest absolute Gasteiger partial charge is 0.410 e. The SMILES string of the molecule is CC(C)[C@@](C)(C#N)NC(=O)[C@@H](C)Sc1nnc(-c2cc3c(s2)CC[C@@H](C)C3)o1. The first-order valence-electron chi connectivity index (χ1n) is 9.57. The van der Waals surface area contributed by atoms with Gasteiger partial charge in [-0.1, -0.05) is 32.5 Å². The second kappa shape index (κ2) is 8.26. The van der Waals surface area contributed by atoms with Gasteiger partial charge in [-0.05, 0) is 56.6 Å². The molecule has 150 valence electrons. The molecule has 2 aromatic heterocycles. The van der Waals surface area contributed by atoms with Crippen LogP contribution in [-0.4, -0.2) is 26.9 Å². The number of amides is 1. The molecule has 2 aromatic rings. The van der Waals surface area contributed by atoms with E-state index >= 15 is 0 Å². The third-order valence-corrected chi connectivity index (χ3v) is 7.52. The number of aryl methyl sites for hydroxylation is 1. The number of nitrogens with zero attached hydrogens (tertiary/aromatic N) is 3. The van der Waals surface area contributed by atoms with Gasteiger partial charge in [0.2, 0.25) is 5.91 Å². The first-order chi connectivity index (χ1) is 13.2. The molecule has 2 heterocycles. The number of hydrogen-bond acceptors (Lipinski definition) is 7. The molecule has 0 saturated heterocycles. The minimum Gasteiger partial charge on any atom is -0.410 e. The third kappa shape index (κ3) is 4.41. The summed E-state index contributed by atoms with van der Waals surface area (Å²) in [5, 5.41) is 20.4. The van der Waals surface area contributed by atoms with Crippen LogP contribution in [0, 0.1) is 23.2 Å². The molecule has 0 saturated carbocycles. The van der Waals surface area contributed by atoms with Gasteiger partial charge in [0.25, 0.3) is 11.1 Å². The zero-order valence-electron chi connectivity index (χ0n) is 16.9. The highest BCUT2D eigenvalue weighted by Gasteiger charge is 2.32. The zero-order valence-corrected chi connectivity index (χ0v) is 18.5. The van der Waals surface area contributed by atoms with Crippen LogP contribution in [0.25, 0.3) is 10.8 Å². The minimum absolute atomic E-state index is 0.00115. The van der Waals surface area contributed by atoms with Gasteiger partial charge in [0, 0.05) is 4.88 Å². The van der Waals surface area contributed by atoms with E-state index in [0.29, 0.717) is 17.0 Å². The normalized spacial score (nSPS) is 19.5. The van der Waals surface area contributed by atoms with Gasteiger partial charge < -0.3 is 9.73 Å². The maximum absolute atomic E-state index is 12.5. The van der Waals surface area contributed by atoms with Gasteiger partial charge in [0.05, 0.1) is 16.2 Å². The van der Waals surface area contributed by atoms with Crippen LogP contribution in [0.15, 0.2) is 15.7 Å². The van der Waals surface area contributed by atoms with Gasteiger partial charge in [-0.15, -0.1) is 21.5 Å². The van der Waals surface area contributed by atoms with Crippen LogP contribution in [-0.2, 0) is 17.6 Å². The lowest BCUT2D eigenvalue weighted by Crippen LogP contribution is -2.51. The lowest BCUT2D eigenvalue weighted by molar-refractivity contribution is -0.121. The molecular formula is C20H26N4O2S2. The first kappa shape index (κ1) is 20.9. The Kier molecular flexibility index (Phi) is 6.15. The average Bonchev–Trinajstić information content (AvgIpc) is 3.27. The van der Waals surface area contributed by atoms with E-state index in [2.05, 4.69) is 34.6 Å². The van der Waals surface area contributed by atoms with Crippen molar-refractivity contribution in [1.29, 1.82) is 5.26 Å². The molecule has 0 bridgehead atoms. The van der Waals surface area contributed by atoms with E-state index in [1.165, 1.54) is 28.6 Å². The highest BCUT2D eigenvalue weighted by Crippen LogP contribution is 2.37. The predicted octanol–water partition coefficient (Wildman–Crippen LogP) is 4.46. The van der Waals surface area contributed by atoms with Crippen molar-refractivity contribution in [1.82, 2.24) is 15.5 Å². The lowest BCUT2D eigenvalue weighted by atomic mass is 9.90. The second-order valence-corrected chi connectivity index (χ2v) is 10.4. The van der Waals surface area contributed by atoms with Gasteiger partial charge in [-0.3, -0.25) is 4.79 Å². The van der Waals surface area contributed by atoms with Gasteiger partial charge in [0.15, 0.2) is 0 Å². The monoisotopic (exact) mass is 418 g/mol. The van der Waals surface area contributed by atoms with E-state index in [9.17, 15) is 10.1 Å². The van der Waals surface area contributed by atoms with E-state index in [4.69, 9.17) is 4.42 Å². The Hall–Kier alpha value is -1.85. The molecule has 3 atom stereocenters. The van der Waals surface area contributed by atoms with Crippen LogP contribution >= 0.6 is 23.1 Å². The summed E-state index contributed by atoms with van der Waals surface area (Å²) in [5.74, 6) is 1.00. The van der Waals surface area contributed by atoms with Crippen LogP contribution in [0.3, 0.4) is 0 Å². The molecule has 0 aromatic carbocycles. The topological polar surface area (TPSA) is 91.8 Å². The fourth-order valence-corrected chi connectivity index (χ4v) is 4.84. The Morgan fingerprint density at radius 3 is 2.89 bits per heavy atom. The van der Waals surface area contributed by atoms with E-state index < -0.39 is 10.8 Å². The van der Waals surface area contributed by atoms with Gasteiger partial charge in [-0.25, -0.2) is 0 Å². The van der Waals surface area contributed by atoms with Crippen molar-refractivity contribution < 1.29 is 9.21 Å². The Bertz CT molecular complexity index is 898. The van der Waals surface area contributed by atoms with Crippen molar-refractivity contribution >= 4 is 29.0 Å². The summed E-state index contributed by atoms with van der Waals surface area (Å²) in [6.07, 6.45) is 3.44. The standard InChI is InChI=1S/C20H26N4O2S2/c1-11(2)20(5,10-21)22-17(25)13(4)27-19-24-23-18(26-19)16-9-14-8-12(3)6-7-15(14)28-16/h9,11-13H,6-8H2,1-5H3,(H,22,25)/t12-,13-,20-/m1/s1. The zero-order chi connectivity index (χ0) is 20.5. The molecule has 0 radical (unpaired) electrons. The summed E-state index contributed by atoms with van der Waals surface area (Å²) < 4.78 is 5.81. The fourth-order valence-electron chi connectivity index (χ4n) is 3.03. The smallest absolute Gasteiger partial charge is 0.277 e. The summed E-state index contributed by atoms with van der Waals surface area (Å²) in [6.45, 7) is 9.61. The average molecular weight is 419 g/mol. The van der Waals surface area contributed by atoms with Crippen LogP contribution < -0.4 is 5.32 Å². The molecule has 0 unspecified atom stereocenters. The van der Waals surface area contributed by atoms with Crippen LogP contribution in [0.1, 0.15) is 51.5 Å². The number of hydrogen-bond donors (Lipinski definition) is 1. The number of rotatable bonds is 6. The molecular weight excluding hydrogens is 392 g/mol. The molecule has 6 nitrogen and oxygen atoms in total. The van der Waals surface area contributed by atoms with E-state index in [-0.39, 0.29) is 11.8 Å². The summed E-state index contributed by atoms with van der Waals surface area (Å²) in [7, 11) is 0. The summed E-state index contributed by atoms with van der Waals surface area (Å²) in [6, 6.07) is 4.35. The molecule has 3 rings (SSSR count). The van der Waals surface area contributed by atoms with Crippen LogP contribution in [0.2, 0.25) is 0 Å². The number of carbonyl (C=O) groups excluding carboxylic acids is 1. The molecule has 0 fully saturated rings. The fraction of sp³-hybridized carbons (Fsp3) is 0.600. The van der Waals surface area contributed by atoms with Crippen LogP contribution in [0.4, 0.5) is 0 Å². The number of thiophene rings is 1. The number of nitriles is 1. The van der Waals surface area contributed by atoms with E-state index in [0.717, 1.165) is 17.7 Å². The molecule has 0 aliphatic heterocycles. The predicted molar refractivity (Wildman–Crippen MR) is 111 cm³/mol. The quantitative estimate of drug-likeness (QED) is 0.697. The first-order valence-corrected chi connectivity index (χ1v) is 11.3. The van der Waals surface area contributed by atoms with Crippen molar-refractivity contribution in [3.8, 4) is 16.8 Å². The van der Waals surface area contributed by atoms with E-state index in [1.54, 1.807) is 25.2 Å². The number of aromatic nitrogens is 2. The number of nitrogens with one attached hydrogen (secondary N) is 1. The molecule has 1 aliphatic rings. The van der Waals surface area contributed by atoms with Crippen molar-refractivity contribution in [2.75, 3.05) is 0 Å². The molecule has 28 heavy (non-hydrogen) atoms. The molecule has 1 N–H and O–H groups in total. The summed E-state index contributed by atoms with van der Waals surface area (Å²) in [5.41, 5.74) is 0.488. The van der Waals surface area contributed by atoms with Crippen molar-refractivity contribution in [3.05, 3.63) is 16.5 Å². The highest BCUT2D eigenvalue weighted by atomic mass is 32.2. The number of thioether (sulfide) groups is 1.